The summed E-state index contributed by atoms with van der Waals surface area (Å²) < 4.78 is 5.19. The van der Waals surface area contributed by atoms with Crippen LogP contribution >= 0.6 is 11.3 Å². The summed E-state index contributed by atoms with van der Waals surface area (Å²) in [6.07, 6.45) is 1.12. The van der Waals surface area contributed by atoms with Gasteiger partial charge in [-0.1, -0.05) is 6.92 Å². The molecule has 1 aromatic rings. The maximum absolute atomic E-state index is 5.19. The Hall–Kier alpha value is -0.650. The van der Waals surface area contributed by atoms with Crippen molar-refractivity contribution >= 4 is 16.5 Å². The van der Waals surface area contributed by atoms with Gasteiger partial charge >= 0.3 is 0 Å². The minimum atomic E-state index is 0.513. The molecule has 1 unspecified atom stereocenters. The van der Waals surface area contributed by atoms with Crippen LogP contribution in [0.4, 0.5) is 5.13 Å². The Labute approximate surface area is 108 Å². The predicted octanol–water partition coefficient (Wildman–Crippen LogP) is 2.24. The molecule has 0 saturated heterocycles. The number of rotatable bonds is 7. The standard InChI is InChI=1S/C12H23N3OS/c1-6-9(2)15(4)12-14-10(8-16-5)11(17-12)7-13-3/h9,13H,6-8H2,1-5H3. The van der Waals surface area contributed by atoms with Crippen LogP contribution in [-0.4, -0.2) is 32.2 Å². The monoisotopic (exact) mass is 257 g/mol. The van der Waals surface area contributed by atoms with Crippen LogP contribution in [0.2, 0.25) is 0 Å². The third-order valence-electron chi connectivity index (χ3n) is 2.94. The van der Waals surface area contributed by atoms with Crippen molar-refractivity contribution in [3.63, 3.8) is 0 Å². The summed E-state index contributed by atoms with van der Waals surface area (Å²) in [5.74, 6) is 0. The average Bonchev–Trinajstić information content (AvgIpc) is 2.72. The van der Waals surface area contributed by atoms with Crippen molar-refractivity contribution in [3.8, 4) is 0 Å². The number of thiazole rings is 1. The number of nitrogens with zero attached hydrogens (tertiary/aromatic N) is 2. The first-order chi connectivity index (χ1) is 8.13. The fourth-order valence-corrected chi connectivity index (χ4v) is 2.67. The zero-order valence-electron chi connectivity index (χ0n) is 11.4. The highest BCUT2D eigenvalue weighted by Crippen LogP contribution is 2.27. The number of methoxy groups -OCH3 is 1. The summed E-state index contributed by atoms with van der Waals surface area (Å²) in [4.78, 5) is 8.17. The minimum absolute atomic E-state index is 0.513. The highest BCUT2D eigenvalue weighted by molar-refractivity contribution is 7.15. The van der Waals surface area contributed by atoms with E-state index >= 15 is 0 Å². The normalized spacial score (nSPS) is 12.8. The molecule has 1 aromatic heterocycles. The molecule has 0 amide bonds. The lowest BCUT2D eigenvalue weighted by atomic mass is 10.2. The highest BCUT2D eigenvalue weighted by atomic mass is 32.1. The molecular weight excluding hydrogens is 234 g/mol. The van der Waals surface area contributed by atoms with Crippen molar-refractivity contribution in [1.29, 1.82) is 0 Å². The molecule has 0 spiro atoms. The van der Waals surface area contributed by atoms with Crippen molar-refractivity contribution in [2.24, 2.45) is 0 Å². The van der Waals surface area contributed by atoms with Gasteiger partial charge in [0.1, 0.15) is 0 Å². The van der Waals surface area contributed by atoms with Crippen LogP contribution in [0, 0.1) is 0 Å². The summed E-state index contributed by atoms with van der Waals surface area (Å²) in [5.41, 5.74) is 1.05. The van der Waals surface area contributed by atoms with Gasteiger partial charge in [0.2, 0.25) is 0 Å². The van der Waals surface area contributed by atoms with E-state index in [1.165, 1.54) is 4.88 Å². The molecule has 0 radical (unpaired) electrons. The van der Waals surface area contributed by atoms with E-state index in [-0.39, 0.29) is 0 Å². The van der Waals surface area contributed by atoms with Crippen LogP contribution in [0.25, 0.3) is 0 Å². The van der Waals surface area contributed by atoms with Gasteiger partial charge in [-0.2, -0.15) is 0 Å². The molecule has 0 saturated carbocycles. The number of hydrogen-bond donors (Lipinski definition) is 1. The van der Waals surface area contributed by atoms with Crippen molar-refractivity contribution < 1.29 is 4.74 Å². The fourth-order valence-electron chi connectivity index (χ4n) is 1.53. The van der Waals surface area contributed by atoms with Crippen LogP contribution in [0.3, 0.4) is 0 Å². The molecule has 0 fully saturated rings. The fraction of sp³-hybridized carbons (Fsp3) is 0.750. The molecule has 0 aromatic carbocycles. The molecule has 5 heteroatoms. The Morgan fingerprint density at radius 3 is 2.76 bits per heavy atom. The van der Waals surface area contributed by atoms with Gasteiger partial charge in [0.05, 0.1) is 12.3 Å². The molecule has 4 nitrogen and oxygen atoms in total. The first-order valence-electron chi connectivity index (χ1n) is 5.98. The van der Waals surface area contributed by atoms with Gasteiger partial charge in [-0.3, -0.25) is 0 Å². The van der Waals surface area contributed by atoms with Crippen LogP contribution in [-0.2, 0) is 17.9 Å². The number of ether oxygens (including phenoxy) is 1. The van der Waals surface area contributed by atoms with Gasteiger partial charge in [0.15, 0.2) is 5.13 Å². The average molecular weight is 257 g/mol. The molecule has 1 N–H and O–H groups in total. The zero-order chi connectivity index (χ0) is 12.8. The Bertz CT molecular complexity index is 317. The zero-order valence-corrected chi connectivity index (χ0v) is 12.2. The molecule has 17 heavy (non-hydrogen) atoms. The Balaban J connectivity index is 2.89. The minimum Gasteiger partial charge on any atom is -0.378 e. The van der Waals surface area contributed by atoms with E-state index in [0.29, 0.717) is 12.6 Å². The first kappa shape index (κ1) is 14.4. The van der Waals surface area contributed by atoms with Crippen LogP contribution in [0.15, 0.2) is 0 Å². The van der Waals surface area contributed by atoms with Gasteiger partial charge in [-0.15, -0.1) is 11.3 Å². The van der Waals surface area contributed by atoms with E-state index < -0.39 is 0 Å². The molecule has 1 rings (SSSR count). The summed E-state index contributed by atoms with van der Waals surface area (Å²) in [6.45, 7) is 5.85. The van der Waals surface area contributed by atoms with Gasteiger partial charge < -0.3 is 15.0 Å². The van der Waals surface area contributed by atoms with E-state index in [9.17, 15) is 0 Å². The smallest absolute Gasteiger partial charge is 0.185 e. The van der Waals surface area contributed by atoms with E-state index in [0.717, 1.165) is 23.8 Å². The summed E-state index contributed by atoms with van der Waals surface area (Å²) in [6, 6.07) is 0.513. The lowest BCUT2D eigenvalue weighted by Gasteiger charge is -2.22. The largest absolute Gasteiger partial charge is 0.378 e. The van der Waals surface area contributed by atoms with E-state index in [2.05, 4.69) is 36.1 Å². The molecule has 0 aliphatic carbocycles. The number of nitrogens with one attached hydrogen (secondary N) is 1. The number of aromatic nitrogens is 1. The topological polar surface area (TPSA) is 37.4 Å². The second-order valence-corrected chi connectivity index (χ2v) is 5.26. The molecule has 0 aliphatic rings. The molecule has 98 valence electrons. The molecular formula is C12H23N3OS. The van der Waals surface area contributed by atoms with Crippen molar-refractivity contribution in [3.05, 3.63) is 10.6 Å². The van der Waals surface area contributed by atoms with Gasteiger partial charge in [-0.25, -0.2) is 4.98 Å². The van der Waals surface area contributed by atoms with Crippen LogP contribution < -0.4 is 10.2 Å². The molecule has 0 aliphatic heterocycles. The Kier molecular flexibility index (Phi) is 5.88. The Morgan fingerprint density at radius 2 is 2.24 bits per heavy atom. The quantitative estimate of drug-likeness (QED) is 0.813. The number of anilines is 1. The molecule has 0 bridgehead atoms. The lowest BCUT2D eigenvalue weighted by molar-refractivity contribution is 0.181. The highest BCUT2D eigenvalue weighted by Gasteiger charge is 2.16. The lowest BCUT2D eigenvalue weighted by Crippen LogP contribution is -2.27. The van der Waals surface area contributed by atoms with Gasteiger partial charge in [0, 0.05) is 31.6 Å². The van der Waals surface area contributed by atoms with Crippen molar-refractivity contribution in [1.82, 2.24) is 10.3 Å². The second kappa shape index (κ2) is 6.93. The van der Waals surface area contributed by atoms with E-state index in [4.69, 9.17) is 4.74 Å². The summed E-state index contributed by atoms with van der Waals surface area (Å²) >= 11 is 1.75. The SMILES string of the molecule is CCC(C)N(C)c1nc(COC)c(CNC)s1. The van der Waals surface area contributed by atoms with Gasteiger partial charge in [-0.05, 0) is 20.4 Å². The first-order valence-corrected chi connectivity index (χ1v) is 6.80. The summed E-state index contributed by atoms with van der Waals surface area (Å²) in [7, 11) is 5.77. The van der Waals surface area contributed by atoms with Crippen molar-refractivity contribution in [2.75, 3.05) is 26.1 Å². The molecule has 1 atom stereocenters. The number of hydrogen-bond acceptors (Lipinski definition) is 5. The van der Waals surface area contributed by atoms with Crippen LogP contribution in [0.5, 0.6) is 0 Å². The van der Waals surface area contributed by atoms with E-state index in [1.54, 1.807) is 18.4 Å². The van der Waals surface area contributed by atoms with Crippen LogP contribution in [0.1, 0.15) is 30.8 Å². The Morgan fingerprint density at radius 1 is 1.53 bits per heavy atom. The third-order valence-corrected chi connectivity index (χ3v) is 4.13. The van der Waals surface area contributed by atoms with Gasteiger partial charge in [0.25, 0.3) is 0 Å². The maximum atomic E-state index is 5.19. The van der Waals surface area contributed by atoms with Crippen molar-refractivity contribution in [2.45, 2.75) is 39.5 Å². The molecule has 1 heterocycles. The summed E-state index contributed by atoms with van der Waals surface area (Å²) in [5, 5.41) is 4.25. The maximum Gasteiger partial charge on any atom is 0.185 e. The second-order valence-electron chi connectivity index (χ2n) is 4.20. The van der Waals surface area contributed by atoms with E-state index in [1.807, 2.05) is 7.05 Å². The predicted molar refractivity (Wildman–Crippen MR) is 73.7 cm³/mol. The third kappa shape index (κ3) is 3.66.